The molecule has 0 radical (unpaired) electrons. The van der Waals surface area contributed by atoms with E-state index in [1.165, 1.54) is 10.6 Å². The number of benzene rings is 2. The van der Waals surface area contributed by atoms with Gasteiger partial charge in [0.25, 0.3) is 5.56 Å². The number of pyridine rings is 1. The van der Waals surface area contributed by atoms with E-state index < -0.39 is 11.5 Å². The monoisotopic (exact) mass is 395 g/mol. The summed E-state index contributed by atoms with van der Waals surface area (Å²) < 4.78 is 2.20. The molecule has 25 heavy (non-hydrogen) atoms. The molecule has 2 aromatic carbocycles. The third kappa shape index (κ3) is 2.49. The van der Waals surface area contributed by atoms with Gasteiger partial charge in [0.2, 0.25) is 0 Å². The number of carboxylic acid groups (broad SMARTS) is 1. The number of aromatic nitrogens is 3. The largest absolute Gasteiger partial charge is 0.477 e. The number of hydrogen-bond acceptors (Lipinski definition) is 4. The van der Waals surface area contributed by atoms with Gasteiger partial charge >= 0.3 is 5.97 Å². The van der Waals surface area contributed by atoms with Crippen molar-refractivity contribution in [2.75, 3.05) is 0 Å². The van der Waals surface area contributed by atoms with Gasteiger partial charge in [0.1, 0.15) is 5.56 Å². The van der Waals surface area contributed by atoms with Gasteiger partial charge in [-0.2, -0.15) is 10.2 Å². The van der Waals surface area contributed by atoms with E-state index in [2.05, 4.69) is 26.1 Å². The van der Waals surface area contributed by atoms with Gasteiger partial charge in [0, 0.05) is 15.2 Å². The average molecular weight is 396 g/mol. The second-order valence-corrected chi connectivity index (χ2v) is 6.39. The van der Waals surface area contributed by atoms with Crippen LogP contribution in [0.4, 0.5) is 0 Å². The Hall–Kier alpha value is -3.06. The number of fused-ring (bicyclic) bond motifs is 2. The molecule has 2 aromatic heterocycles. The highest BCUT2D eigenvalue weighted by Gasteiger charge is 2.17. The predicted octanol–water partition coefficient (Wildman–Crippen LogP) is 3.39. The first-order valence-electron chi connectivity index (χ1n) is 7.34. The van der Waals surface area contributed by atoms with Crippen LogP contribution in [0.5, 0.6) is 0 Å². The summed E-state index contributed by atoms with van der Waals surface area (Å²) in [4.78, 5) is 24.4. The molecule has 6 nitrogen and oxygen atoms in total. The van der Waals surface area contributed by atoms with Crippen LogP contribution in [0.15, 0.2) is 64.1 Å². The molecule has 0 aliphatic heterocycles. The molecule has 0 amide bonds. The zero-order valence-corrected chi connectivity index (χ0v) is 14.3. The van der Waals surface area contributed by atoms with Crippen molar-refractivity contribution in [3.05, 3.63) is 75.2 Å². The van der Waals surface area contributed by atoms with Gasteiger partial charge < -0.3 is 5.11 Å². The van der Waals surface area contributed by atoms with Crippen LogP contribution in [0.3, 0.4) is 0 Å². The molecule has 0 saturated heterocycles. The lowest BCUT2D eigenvalue weighted by Crippen LogP contribution is -2.25. The van der Waals surface area contributed by atoms with Crippen molar-refractivity contribution in [3.63, 3.8) is 0 Å². The molecule has 0 fully saturated rings. The van der Waals surface area contributed by atoms with Gasteiger partial charge in [0.15, 0.2) is 0 Å². The minimum Gasteiger partial charge on any atom is -0.477 e. The second kappa shape index (κ2) is 5.78. The smallest absolute Gasteiger partial charge is 0.341 e. The van der Waals surface area contributed by atoms with Gasteiger partial charge in [-0.25, -0.2) is 4.79 Å². The van der Waals surface area contributed by atoms with E-state index in [1.807, 2.05) is 6.07 Å². The van der Waals surface area contributed by atoms with Gasteiger partial charge in [-0.3, -0.25) is 9.36 Å². The maximum atomic E-state index is 12.9. The summed E-state index contributed by atoms with van der Waals surface area (Å²) >= 11 is 3.41. The maximum Gasteiger partial charge on any atom is 0.341 e. The van der Waals surface area contributed by atoms with Crippen LogP contribution >= 0.6 is 15.9 Å². The Morgan fingerprint density at radius 3 is 2.64 bits per heavy atom. The highest BCUT2D eigenvalue weighted by molar-refractivity contribution is 9.10. The van der Waals surface area contributed by atoms with Crippen LogP contribution in [0, 0.1) is 0 Å². The number of aromatic carboxylic acids is 1. The summed E-state index contributed by atoms with van der Waals surface area (Å²) in [6.07, 6.45) is 3.16. The lowest BCUT2D eigenvalue weighted by atomic mass is 10.1. The first-order valence-corrected chi connectivity index (χ1v) is 8.14. The minimum atomic E-state index is -1.26. The molecule has 0 aliphatic carbocycles. The van der Waals surface area contributed by atoms with Crippen molar-refractivity contribution >= 4 is 43.6 Å². The summed E-state index contributed by atoms with van der Waals surface area (Å²) in [5, 5.41) is 19.3. The van der Waals surface area contributed by atoms with Crippen molar-refractivity contribution in [2.24, 2.45) is 0 Å². The maximum absolute atomic E-state index is 12.9. The molecule has 0 bridgehead atoms. The molecule has 0 saturated carbocycles. The Labute approximate surface area is 149 Å². The van der Waals surface area contributed by atoms with Crippen LogP contribution in [-0.4, -0.2) is 25.8 Å². The third-order valence-electron chi connectivity index (χ3n) is 4.01. The summed E-state index contributed by atoms with van der Waals surface area (Å²) in [7, 11) is 0. The fourth-order valence-corrected chi connectivity index (χ4v) is 3.23. The fourth-order valence-electron chi connectivity index (χ4n) is 2.88. The van der Waals surface area contributed by atoms with Crippen molar-refractivity contribution in [1.29, 1.82) is 0 Å². The number of hydrogen-bond donors (Lipinski definition) is 1. The van der Waals surface area contributed by atoms with E-state index >= 15 is 0 Å². The molecular formula is C18H10BrN3O3. The number of rotatable bonds is 2. The van der Waals surface area contributed by atoms with E-state index in [9.17, 15) is 14.7 Å². The summed E-state index contributed by atoms with van der Waals surface area (Å²) in [6, 6.07) is 12.2. The number of carbonyl (C=O) groups is 1. The van der Waals surface area contributed by atoms with E-state index in [4.69, 9.17) is 0 Å². The van der Waals surface area contributed by atoms with E-state index in [0.717, 1.165) is 9.86 Å². The Balaban J connectivity index is 2.23. The molecule has 0 spiro atoms. The Morgan fingerprint density at radius 2 is 1.84 bits per heavy atom. The lowest BCUT2D eigenvalue weighted by Gasteiger charge is -2.14. The Morgan fingerprint density at radius 1 is 1.04 bits per heavy atom. The molecule has 122 valence electrons. The quantitative estimate of drug-likeness (QED) is 0.562. The highest BCUT2D eigenvalue weighted by atomic mass is 79.9. The molecule has 1 N–H and O–H groups in total. The molecule has 4 rings (SSSR count). The standard InChI is InChI=1S/C18H10BrN3O3/c19-12-5-4-10-6-13(18(24)25)17(23)22(16(10)7-12)15-3-1-2-11-8-20-21-9-14(11)15/h1-9H,(H,24,25). The second-order valence-electron chi connectivity index (χ2n) is 5.48. The molecular weight excluding hydrogens is 386 g/mol. The molecule has 0 aliphatic rings. The lowest BCUT2D eigenvalue weighted by molar-refractivity contribution is 0.0695. The van der Waals surface area contributed by atoms with Crippen LogP contribution in [0.1, 0.15) is 10.4 Å². The van der Waals surface area contributed by atoms with Gasteiger partial charge in [-0.1, -0.05) is 34.1 Å². The van der Waals surface area contributed by atoms with E-state index in [0.29, 0.717) is 22.0 Å². The predicted molar refractivity (Wildman–Crippen MR) is 97.3 cm³/mol. The van der Waals surface area contributed by atoms with E-state index in [1.54, 1.807) is 42.7 Å². The molecule has 4 aromatic rings. The first-order chi connectivity index (χ1) is 12.1. The van der Waals surface area contributed by atoms with Crippen LogP contribution in [0.25, 0.3) is 27.4 Å². The number of halogens is 1. The summed E-state index contributed by atoms with van der Waals surface area (Å²) in [5.41, 5.74) is 0.286. The van der Waals surface area contributed by atoms with Gasteiger partial charge in [-0.15, -0.1) is 0 Å². The molecule has 0 atom stereocenters. The highest BCUT2D eigenvalue weighted by Crippen LogP contribution is 2.26. The minimum absolute atomic E-state index is 0.283. The van der Waals surface area contributed by atoms with Crippen molar-refractivity contribution in [3.8, 4) is 5.69 Å². The third-order valence-corrected chi connectivity index (χ3v) is 4.50. The van der Waals surface area contributed by atoms with Crippen LogP contribution in [0.2, 0.25) is 0 Å². The van der Waals surface area contributed by atoms with Gasteiger partial charge in [-0.05, 0) is 29.7 Å². The van der Waals surface area contributed by atoms with Crippen LogP contribution in [-0.2, 0) is 0 Å². The fraction of sp³-hybridized carbons (Fsp3) is 0. The van der Waals surface area contributed by atoms with Crippen molar-refractivity contribution < 1.29 is 9.90 Å². The van der Waals surface area contributed by atoms with E-state index in [-0.39, 0.29) is 5.56 Å². The SMILES string of the molecule is O=C(O)c1cc2ccc(Br)cc2n(-c2cccc3cnncc23)c1=O. The topological polar surface area (TPSA) is 85.1 Å². The Kier molecular flexibility index (Phi) is 3.58. The Bertz CT molecular complexity index is 1210. The van der Waals surface area contributed by atoms with Crippen LogP contribution < -0.4 is 5.56 Å². The zero-order chi connectivity index (χ0) is 17.6. The molecule has 2 heterocycles. The van der Waals surface area contributed by atoms with Gasteiger partial charge in [0.05, 0.1) is 23.6 Å². The first kappa shape index (κ1) is 15.5. The van der Waals surface area contributed by atoms with Crippen molar-refractivity contribution in [2.45, 2.75) is 0 Å². The number of carboxylic acids is 1. The summed E-state index contributed by atoms with van der Waals surface area (Å²) in [6.45, 7) is 0. The van der Waals surface area contributed by atoms with Crippen molar-refractivity contribution in [1.82, 2.24) is 14.8 Å². The average Bonchev–Trinajstić information content (AvgIpc) is 2.61. The number of nitrogens with zero attached hydrogens (tertiary/aromatic N) is 3. The normalized spacial score (nSPS) is 11.1. The molecule has 7 heteroatoms. The summed E-state index contributed by atoms with van der Waals surface area (Å²) in [5.74, 6) is -1.26. The molecule has 0 unspecified atom stereocenters. The zero-order valence-electron chi connectivity index (χ0n) is 12.7.